The van der Waals surface area contributed by atoms with Gasteiger partial charge in [0.25, 0.3) is 0 Å². The molecule has 0 fully saturated rings. The van der Waals surface area contributed by atoms with Gasteiger partial charge >= 0.3 is 78.5 Å². The Balaban J connectivity index is 0. The van der Waals surface area contributed by atoms with Gasteiger partial charge in [-0.3, -0.25) is 0 Å². The van der Waals surface area contributed by atoms with E-state index in [4.69, 9.17) is 0 Å². The van der Waals surface area contributed by atoms with Crippen molar-refractivity contribution >= 4 is 0 Å². The van der Waals surface area contributed by atoms with Crippen molar-refractivity contribution in [2.24, 2.45) is 0 Å². The third-order valence-corrected chi connectivity index (χ3v) is 2.83. The van der Waals surface area contributed by atoms with Crippen LogP contribution < -0.4 is 24.8 Å². The van der Waals surface area contributed by atoms with Crippen LogP contribution >= 0.6 is 0 Å². The quantitative estimate of drug-likeness (QED) is 0.520. The minimum Gasteiger partial charge on any atom is -1.00 e. The number of rotatable bonds is 3. The van der Waals surface area contributed by atoms with Gasteiger partial charge in [-0.15, -0.1) is 0 Å². The van der Waals surface area contributed by atoms with Crippen LogP contribution in [0.3, 0.4) is 0 Å². The van der Waals surface area contributed by atoms with Gasteiger partial charge in [0.1, 0.15) is 0 Å². The number of hydrogen-bond donors (Lipinski definition) is 0. The molecule has 13 heavy (non-hydrogen) atoms. The van der Waals surface area contributed by atoms with Crippen molar-refractivity contribution in [2.75, 3.05) is 0 Å². The number of hydrogen-bond acceptors (Lipinski definition) is 0. The van der Waals surface area contributed by atoms with Crippen LogP contribution in [0.15, 0.2) is 23.8 Å². The maximum Gasteiger partial charge on any atom is -1.00 e. The molecule has 0 aromatic carbocycles. The van der Waals surface area contributed by atoms with Crippen LogP contribution in [0, 0.1) is 0 Å². The van der Waals surface area contributed by atoms with Gasteiger partial charge in [-0.25, -0.2) is 0 Å². The molecule has 0 saturated heterocycles. The maximum absolute atomic E-state index is 2.78. The second-order valence-electron chi connectivity index (χ2n) is 3.32. The molecule has 74 valence electrons. The van der Waals surface area contributed by atoms with Gasteiger partial charge in [0, 0.05) is 0 Å². The third kappa shape index (κ3) is 5.17. The van der Waals surface area contributed by atoms with Crippen molar-refractivity contribution in [1.82, 2.24) is 0 Å². The summed E-state index contributed by atoms with van der Waals surface area (Å²) in [4.78, 5) is 0. The summed E-state index contributed by atoms with van der Waals surface area (Å²) in [7, 11) is 0. The molecular formula is C10H15Cl2V. The third-order valence-electron chi connectivity index (χ3n) is 2.04. The van der Waals surface area contributed by atoms with E-state index in [0.717, 1.165) is 0 Å². The van der Waals surface area contributed by atoms with E-state index in [2.05, 4.69) is 49.5 Å². The molecule has 0 saturated carbocycles. The van der Waals surface area contributed by atoms with E-state index in [1.165, 1.54) is 24.8 Å². The summed E-state index contributed by atoms with van der Waals surface area (Å²) < 4.78 is 0.313. The summed E-state index contributed by atoms with van der Waals surface area (Å²) in [6.07, 6.45) is 10.8. The van der Waals surface area contributed by atoms with Crippen LogP contribution in [0.4, 0.5) is 0 Å². The Bertz CT molecular complexity index is 199. The van der Waals surface area contributed by atoms with Crippen LogP contribution in [-0.4, -0.2) is 0 Å². The Morgan fingerprint density at radius 1 is 1.38 bits per heavy atom. The standard InChI is InChI=1S/C10H15.2ClH.V/c1-3-4-5-10-7-6-9(2)8-10;;;/h6-8H,3-5H2,1-2H3;2*1H;/q;;;+2/p-2. The van der Waals surface area contributed by atoms with Gasteiger partial charge in [0.05, 0.1) is 0 Å². The van der Waals surface area contributed by atoms with E-state index in [-0.39, 0.29) is 24.8 Å². The molecule has 1 aliphatic rings. The van der Waals surface area contributed by atoms with E-state index in [1.807, 2.05) is 0 Å². The molecule has 0 N–H and O–H groups in total. The minimum atomic E-state index is 0. The molecule has 1 aliphatic carbocycles. The SMILES string of the molecule is CCCC[C]1([V+2])C=CC(C)=C1.[Cl-].[Cl-]. The van der Waals surface area contributed by atoms with Gasteiger partial charge in [0.15, 0.2) is 0 Å². The second kappa shape index (κ2) is 7.01. The summed E-state index contributed by atoms with van der Waals surface area (Å²) in [6, 6.07) is 0. The van der Waals surface area contributed by atoms with Gasteiger partial charge < -0.3 is 24.8 Å². The predicted molar refractivity (Wildman–Crippen MR) is 45.1 cm³/mol. The molecular weight excluding hydrogens is 242 g/mol. The van der Waals surface area contributed by atoms with Crippen LogP contribution in [-0.2, 0) is 17.4 Å². The Hall–Kier alpha value is 0.644. The fourth-order valence-electron chi connectivity index (χ4n) is 1.38. The smallest absolute Gasteiger partial charge is 1.00 e. The summed E-state index contributed by atoms with van der Waals surface area (Å²) in [5, 5.41) is 0. The number of halogens is 2. The first-order valence-corrected chi connectivity index (χ1v) is 4.97. The first kappa shape index (κ1) is 16.1. The topological polar surface area (TPSA) is 0 Å². The van der Waals surface area contributed by atoms with Crippen LogP contribution in [0.1, 0.15) is 33.1 Å². The molecule has 0 heterocycles. The van der Waals surface area contributed by atoms with Crippen molar-refractivity contribution in [3.8, 4) is 0 Å². The Morgan fingerprint density at radius 2 is 2.00 bits per heavy atom. The maximum atomic E-state index is 2.78. The van der Waals surface area contributed by atoms with Crippen molar-refractivity contribution in [2.45, 2.75) is 37.2 Å². The normalized spacial score (nSPS) is 24.5. The molecule has 0 aliphatic heterocycles. The number of unbranched alkanes of at least 4 members (excludes halogenated alkanes) is 1. The van der Waals surface area contributed by atoms with Crippen molar-refractivity contribution in [1.29, 1.82) is 0 Å². The molecule has 0 nitrogen and oxygen atoms in total. The molecule has 0 aromatic heterocycles. The number of allylic oxidation sites excluding steroid dienone is 4. The van der Waals surface area contributed by atoms with Crippen LogP contribution in [0.25, 0.3) is 0 Å². The van der Waals surface area contributed by atoms with E-state index in [1.54, 1.807) is 0 Å². The van der Waals surface area contributed by atoms with Crippen LogP contribution in [0.2, 0.25) is 4.13 Å². The summed E-state index contributed by atoms with van der Waals surface area (Å²) >= 11 is 2.78. The molecule has 0 bridgehead atoms. The first-order valence-electron chi connectivity index (χ1n) is 4.27. The molecule has 0 spiro atoms. The average Bonchev–Trinajstić information content (AvgIpc) is 2.28. The molecule has 1 rings (SSSR count). The fraction of sp³-hybridized carbons (Fsp3) is 0.600. The first-order chi connectivity index (χ1) is 5.16. The van der Waals surface area contributed by atoms with Gasteiger partial charge in [-0.05, 0) is 0 Å². The van der Waals surface area contributed by atoms with Gasteiger partial charge in [0.2, 0.25) is 0 Å². The molecule has 3 heteroatoms. The largest absolute Gasteiger partial charge is 1.00 e. The van der Waals surface area contributed by atoms with Gasteiger partial charge in [-0.2, -0.15) is 0 Å². The zero-order chi connectivity index (χ0) is 8.32. The molecule has 0 amide bonds. The summed E-state index contributed by atoms with van der Waals surface area (Å²) in [5.41, 5.74) is 1.40. The van der Waals surface area contributed by atoms with E-state index >= 15 is 0 Å². The van der Waals surface area contributed by atoms with Crippen molar-refractivity contribution in [3.63, 3.8) is 0 Å². The molecule has 1 atom stereocenters. The zero-order valence-electron chi connectivity index (χ0n) is 8.06. The Kier molecular flexibility index (Phi) is 8.67. The average molecular weight is 257 g/mol. The molecule has 0 aromatic rings. The Morgan fingerprint density at radius 3 is 2.38 bits per heavy atom. The van der Waals surface area contributed by atoms with Crippen LogP contribution in [0.5, 0.6) is 0 Å². The van der Waals surface area contributed by atoms with E-state index < -0.39 is 0 Å². The van der Waals surface area contributed by atoms with Gasteiger partial charge in [-0.1, -0.05) is 0 Å². The summed E-state index contributed by atoms with van der Waals surface area (Å²) in [5.74, 6) is 0. The Labute approximate surface area is 103 Å². The predicted octanol–water partition coefficient (Wildman–Crippen LogP) is -2.59. The van der Waals surface area contributed by atoms with Crippen molar-refractivity contribution in [3.05, 3.63) is 23.8 Å². The monoisotopic (exact) mass is 256 g/mol. The zero-order valence-corrected chi connectivity index (χ0v) is 11.0. The van der Waals surface area contributed by atoms with Crippen molar-refractivity contribution < 1.29 is 42.2 Å². The second-order valence-corrected chi connectivity index (χ2v) is 4.62. The van der Waals surface area contributed by atoms with E-state index in [9.17, 15) is 0 Å². The molecule has 1 unspecified atom stereocenters. The van der Waals surface area contributed by atoms with E-state index in [0.29, 0.717) is 4.13 Å². The minimum absolute atomic E-state index is 0. The fourth-order valence-corrected chi connectivity index (χ4v) is 2.06. The molecule has 0 radical (unpaired) electrons. The summed E-state index contributed by atoms with van der Waals surface area (Å²) in [6.45, 7) is 4.41.